The van der Waals surface area contributed by atoms with Crippen LogP contribution in [0.1, 0.15) is 26.2 Å². The first-order valence-corrected chi connectivity index (χ1v) is 5.70. The number of carbonyl (C=O) groups is 4. The van der Waals surface area contributed by atoms with Crippen LogP contribution in [0.5, 0.6) is 0 Å². The molecule has 0 amide bonds. The van der Waals surface area contributed by atoms with E-state index in [-0.39, 0.29) is 31.7 Å². The Morgan fingerprint density at radius 1 is 1.00 bits per heavy atom. The van der Waals surface area contributed by atoms with Crippen molar-refractivity contribution in [3.8, 4) is 0 Å². The molecule has 0 aliphatic rings. The van der Waals surface area contributed by atoms with Crippen molar-refractivity contribution in [3.05, 3.63) is 0 Å². The summed E-state index contributed by atoms with van der Waals surface area (Å²) in [6, 6.07) is 0. The van der Waals surface area contributed by atoms with Crippen LogP contribution in [0.15, 0.2) is 0 Å². The average molecular weight is 274 g/mol. The molecule has 7 heteroatoms. The Kier molecular flexibility index (Phi) is 8.15. The van der Waals surface area contributed by atoms with Crippen molar-refractivity contribution in [3.63, 3.8) is 0 Å². The van der Waals surface area contributed by atoms with Crippen LogP contribution in [-0.4, -0.2) is 44.5 Å². The maximum absolute atomic E-state index is 11.6. The molecule has 1 unspecified atom stereocenters. The molecule has 1 atom stereocenters. The van der Waals surface area contributed by atoms with Crippen molar-refractivity contribution < 1.29 is 33.4 Å². The number of rotatable bonds is 8. The normalized spacial score (nSPS) is 11.3. The molecular formula is C12H18O7. The van der Waals surface area contributed by atoms with Gasteiger partial charge in [-0.25, -0.2) is 0 Å². The van der Waals surface area contributed by atoms with Gasteiger partial charge in [0, 0.05) is 19.8 Å². The van der Waals surface area contributed by atoms with Gasteiger partial charge in [-0.2, -0.15) is 0 Å². The molecule has 19 heavy (non-hydrogen) atoms. The number of methoxy groups -OCH3 is 2. The number of ether oxygens (including phenoxy) is 3. The maximum atomic E-state index is 11.6. The highest BCUT2D eigenvalue weighted by Crippen LogP contribution is 2.13. The standard InChI is InChI=1S/C12H18O7/c1-8(13)19-5-4-10(14)6-9(12(16)18-3)7-11(15)17-2/h9H,4-7H2,1-3H3. The summed E-state index contributed by atoms with van der Waals surface area (Å²) in [5.41, 5.74) is 0. The Morgan fingerprint density at radius 2 is 1.63 bits per heavy atom. The minimum Gasteiger partial charge on any atom is -0.469 e. The third kappa shape index (κ3) is 7.91. The van der Waals surface area contributed by atoms with E-state index in [1.54, 1.807) is 0 Å². The fourth-order valence-corrected chi connectivity index (χ4v) is 1.38. The highest BCUT2D eigenvalue weighted by atomic mass is 16.5. The zero-order chi connectivity index (χ0) is 14.8. The topological polar surface area (TPSA) is 96.0 Å². The summed E-state index contributed by atoms with van der Waals surface area (Å²) in [7, 11) is 2.37. The molecule has 0 N–H and O–H groups in total. The fourth-order valence-electron chi connectivity index (χ4n) is 1.38. The van der Waals surface area contributed by atoms with Crippen molar-refractivity contribution >= 4 is 23.7 Å². The third-order valence-electron chi connectivity index (χ3n) is 2.34. The Bertz CT molecular complexity index is 348. The molecule has 108 valence electrons. The summed E-state index contributed by atoms with van der Waals surface area (Å²) in [6.07, 6.45) is -0.375. The quantitative estimate of drug-likeness (QED) is 0.462. The molecule has 0 spiro atoms. The van der Waals surface area contributed by atoms with E-state index in [9.17, 15) is 19.2 Å². The van der Waals surface area contributed by atoms with E-state index in [0.717, 1.165) is 0 Å². The van der Waals surface area contributed by atoms with Gasteiger partial charge in [0.05, 0.1) is 33.2 Å². The van der Waals surface area contributed by atoms with E-state index in [2.05, 4.69) is 14.2 Å². The average Bonchev–Trinajstić information content (AvgIpc) is 2.36. The third-order valence-corrected chi connectivity index (χ3v) is 2.34. The number of esters is 3. The molecule has 0 saturated carbocycles. The summed E-state index contributed by atoms with van der Waals surface area (Å²) < 4.78 is 13.6. The van der Waals surface area contributed by atoms with Gasteiger partial charge in [0.2, 0.25) is 0 Å². The summed E-state index contributed by atoms with van der Waals surface area (Å²) in [6.45, 7) is 1.19. The second-order valence-electron chi connectivity index (χ2n) is 3.83. The summed E-state index contributed by atoms with van der Waals surface area (Å²) in [5, 5.41) is 0. The number of carbonyl (C=O) groups excluding carboxylic acids is 4. The van der Waals surface area contributed by atoms with E-state index in [4.69, 9.17) is 0 Å². The molecule has 0 aromatic heterocycles. The number of Topliss-reactive ketones (excluding diaryl/α,β-unsaturated/α-hetero) is 1. The van der Waals surface area contributed by atoms with Crippen molar-refractivity contribution in [1.82, 2.24) is 0 Å². The van der Waals surface area contributed by atoms with E-state index in [1.165, 1.54) is 21.1 Å². The maximum Gasteiger partial charge on any atom is 0.309 e. The molecule has 0 radical (unpaired) electrons. The zero-order valence-corrected chi connectivity index (χ0v) is 11.3. The molecular weight excluding hydrogens is 256 g/mol. The van der Waals surface area contributed by atoms with Crippen LogP contribution in [0.25, 0.3) is 0 Å². The van der Waals surface area contributed by atoms with Gasteiger partial charge in [-0.15, -0.1) is 0 Å². The summed E-state index contributed by atoms with van der Waals surface area (Å²) >= 11 is 0. The minimum absolute atomic E-state index is 0.00571. The molecule has 0 rings (SSSR count). The molecule has 0 bridgehead atoms. The molecule has 7 nitrogen and oxygen atoms in total. The molecule has 0 aliphatic heterocycles. The molecule has 0 aliphatic carbocycles. The van der Waals surface area contributed by atoms with Crippen LogP contribution in [0, 0.1) is 5.92 Å². The van der Waals surface area contributed by atoms with Crippen LogP contribution in [0.4, 0.5) is 0 Å². The molecule has 0 heterocycles. The van der Waals surface area contributed by atoms with Gasteiger partial charge >= 0.3 is 17.9 Å². The lowest BCUT2D eigenvalue weighted by Crippen LogP contribution is -2.24. The van der Waals surface area contributed by atoms with Crippen LogP contribution < -0.4 is 0 Å². The fraction of sp³-hybridized carbons (Fsp3) is 0.667. The highest BCUT2D eigenvalue weighted by molar-refractivity contribution is 5.87. The van der Waals surface area contributed by atoms with Gasteiger partial charge in [-0.3, -0.25) is 19.2 Å². The predicted octanol–water partition coefficient (Wildman–Crippen LogP) is 0.251. The lowest BCUT2D eigenvalue weighted by atomic mass is 9.98. The lowest BCUT2D eigenvalue weighted by molar-refractivity contribution is -0.153. The SMILES string of the molecule is COC(=O)CC(CC(=O)CCOC(C)=O)C(=O)OC. The van der Waals surface area contributed by atoms with Crippen LogP contribution in [-0.2, 0) is 33.4 Å². The van der Waals surface area contributed by atoms with Gasteiger partial charge in [0.1, 0.15) is 5.78 Å². The van der Waals surface area contributed by atoms with E-state index >= 15 is 0 Å². The predicted molar refractivity (Wildman–Crippen MR) is 63.0 cm³/mol. The first-order chi connectivity index (χ1) is 8.90. The van der Waals surface area contributed by atoms with E-state index < -0.39 is 23.8 Å². The molecule has 0 aromatic rings. The van der Waals surface area contributed by atoms with Crippen molar-refractivity contribution in [2.24, 2.45) is 5.92 Å². The monoisotopic (exact) mass is 274 g/mol. The first-order valence-electron chi connectivity index (χ1n) is 5.70. The second kappa shape index (κ2) is 9.07. The highest BCUT2D eigenvalue weighted by Gasteiger charge is 2.25. The molecule has 0 aromatic carbocycles. The van der Waals surface area contributed by atoms with E-state index in [1.807, 2.05) is 0 Å². The van der Waals surface area contributed by atoms with Gasteiger partial charge < -0.3 is 14.2 Å². The smallest absolute Gasteiger partial charge is 0.309 e. The largest absolute Gasteiger partial charge is 0.469 e. The Balaban J connectivity index is 4.30. The molecule has 0 fully saturated rings. The second-order valence-corrected chi connectivity index (χ2v) is 3.83. The Morgan fingerprint density at radius 3 is 2.11 bits per heavy atom. The van der Waals surface area contributed by atoms with Crippen LogP contribution in [0.2, 0.25) is 0 Å². The van der Waals surface area contributed by atoms with Gasteiger partial charge in [-0.05, 0) is 0 Å². The number of hydrogen-bond donors (Lipinski definition) is 0. The Hall–Kier alpha value is -1.92. The van der Waals surface area contributed by atoms with Gasteiger partial charge in [-0.1, -0.05) is 0 Å². The number of hydrogen-bond acceptors (Lipinski definition) is 7. The number of ketones is 1. The first kappa shape index (κ1) is 17.1. The minimum atomic E-state index is -0.873. The van der Waals surface area contributed by atoms with Gasteiger partial charge in [0.15, 0.2) is 0 Å². The van der Waals surface area contributed by atoms with Gasteiger partial charge in [0.25, 0.3) is 0 Å². The summed E-state index contributed by atoms with van der Waals surface area (Å²) in [4.78, 5) is 44.6. The van der Waals surface area contributed by atoms with Crippen LogP contribution >= 0.6 is 0 Å². The van der Waals surface area contributed by atoms with Crippen molar-refractivity contribution in [2.45, 2.75) is 26.2 Å². The molecule has 0 saturated heterocycles. The van der Waals surface area contributed by atoms with Crippen molar-refractivity contribution in [2.75, 3.05) is 20.8 Å². The van der Waals surface area contributed by atoms with Crippen LogP contribution in [0.3, 0.4) is 0 Å². The van der Waals surface area contributed by atoms with E-state index in [0.29, 0.717) is 0 Å². The Labute approximate surface area is 111 Å². The zero-order valence-electron chi connectivity index (χ0n) is 11.3. The lowest BCUT2D eigenvalue weighted by Gasteiger charge is -2.12. The summed E-state index contributed by atoms with van der Waals surface area (Å²) in [5.74, 6) is -2.89. The van der Waals surface area contributed by atoms with Crippen molar-refractivity contribution in [1.29, 1.82) is 0 Å².